The molecule has 0 bridgehead atoms. The molecule has 0 aliphatic carbocycles. The molecule has 1 fully saturated rings. The first-order valence-corrected chi connectivity index (χ1v) is 10.6. The second-order valence-electron chi connectivity index (χ2n) is 6.81. The van der Waals surface area contributed by atoms with E-state index in [2.05, 4.69) is 35.1 Å². The maximum atomic E-state index is 12.6. The molecule has 152 valence electrons. The number of aromatic nitrogens is 5. The second kappa shape index (κ2) is 7.76. The topological polar surface area (TPSA) is 120 Å². The lowest BCUT2D eigenvalue weighted by atomic mass is 10.3. The summed E-state index contributed by atoms with van der Waals surface area (Å²) in [5, 5.41) is 3.32. The molecule has 4 heterocycles. The zero-order valence-corrected chi connectivity index (χ0v) is 17.0. The maximum absolute atomic E-state index is 12.6. The molecule has 10 nitrogen and oxygen atoms in total. The van der Waals surface area contributed by atoms with Gasteiger partial charge in [-0.25, -0.2) is 28.4 Å². The Kier molecular flexibility index (Phi) is 5.16. The van der Waals surface area contributed by atoms with Gasteiger partial charge < -0.3 is 15.2 Å². The summed E-state index contributed by atoms with van der Waals surface area (Å²) < 4.78 is 26.7. The summed E-state index contributed by atoms with van der Waals surface area (Å²) in [6, 6.07) is 5.73. The highest BCUT2D eigenvalue weighted by Gasteiger charge is 2.30. The van der Waals surface area contributed by atoms with Crippen molar-refractivity contribution in [1.29, 1.82) is 0 Å². The van der Waals surface area contributed by atoms with Gasteiger partial charge in [0, 0.05) is 38.4 Å². The molecule has 0 saturated carbocycles. The van der Waals surface area contributed by atoms with Crippen molar-refractivity contribution in [2.24, 2.45) is 0 Å². The quantitative estimate of drug-likeness (QED) is 0.644. The Balaban J connectivity index is 1.48. The molecule has 1 aliphatic heterocycles. The number of aryl methyl sites for hydroxylation is 2. The van der Waals surface area contributed by atoms with Gasteiger partial charge >= 0.3 is 0 Å². The Morgan fingerprint density at radius 2 is 1.86 bits per heavy atom. The fraction of sp³-hybridized carbons (Fsp3) is 0.333. The minimum atomic E-state index is -3.55. The van der Waals surface area contributed by atoms with Crippen LogP contribution < -0.4 is 10.2 Å². The third-order valence-corrected chi connectivity index (χ3v) is 6.47. The van der Waals surface area contributed by atoms with Crippen LogP contribution in [0, 0.1) is 13.8 Å². The van der Waals surface area contributed by atoms with E-state index in [1.807, 2.05) is 32.0 Å². The average Bonchev–Trinajstić information content (AvgIpc) is 3.23. The predicted molar refractivity (Wildman–Crippen MR) is 109 cm³/mol. The largest absolute Gasteiger partial charge is 0.354 e. The van der Waals surface area contributed by atoms with Crippen molar-refractivity contribution in [3.8, 4) is 0 Å². The lowest BCUT2D eigenvalue weighted by molar-refractivity contribution is 0.382. The van der Waals surface area contributed by atoms with E-state index in [0.29, 0.717) is 43.6 Å². The highest BCUT2D eigenvalue weighted by atomic mass is 32.2. The Morgan fingerprint density at radius 1 is 1.07 bits per heavy atom. The summed E-state index contributed by atoms with van der Waals surface area (Å²) in [7, 11) is -3.55. The minimum Gasteiger partial charge on any atom is -0.354 e. The molecule has 0 unspecified atom stereocenters. The molecule has 0 atom stereocenters. The van der Waals surface area contributed by atoms with Crippen LogP contribution in [0.3, 0.4) is 0 Å². The number of sulfonamides is 1. The van der Waals surface area contributed by atoms with E-state index >= 15 is 0 Å². The zero-order valence-electron chi connectivity index (χ0n) is 16.2. The number of aromatic amines is 1. The van der Waals surface area contributed by atoms with Gasteiger partial charge in [-0.3, -0.25) is 0 Å². The van der Waals surface area contributed by atoms with Crippen LogP contribution >= 0.6 is 0 Å². The summed E-state index contributed by atoms with van der Waals surface area (Å²) in [6.45, 7) is 5.63. The zero-order chi connectivity index (χ0) is 20.4. The highest BCUT2D eigenvalue weighted by molar-refractivity contribution is 7.89. The summed E-state index contributed by atoms with van der Waals surface area (Å²) >= 11 is 0. The highest BCUT2D eigenvalue weighted by Crippen LogP contribution is 2.22. The molecule has 2 N–H and O–H groups in total. The van der Waals surface area contributed by atoms with Crippen molar-refractivity contribution >= 4 is 27.5 Å². The molecule has 0 radical (unpaired) electrons. The third kappa shape index (κ3) is 4.20. The van der Waals surface area contributed by atoms with Gasteiger partial charge in [-0.15, -0.1) is 0 Å². The number of hydrogen-bond donors (Lipinski definition) is 2. The van der Waals surface area contributed by atoms with E-state index in [-0.39, 0.29) is 5.03 Å². The standard InChI is InChI=1S/C18H22N8O2S/c1-13-3-4-20-15(9-13)24-16-10-17(23-14(2)22-16)25-5-7-26(8-6-25)29(27,28)18-11-19-12-21-18/h3-4,9-12H,5-8H2,1-2H3,(H,19,21)(H,20,22,23,24). The SMILES string of the molecule is Cc1ccnc(Nc2cc(N3CCN(S(=O)(=O)c4cnc[nH]4)CC3)nc(C)n2)c1. The number of H-pyrrole nitrogens is 1. The number of rotatable bonds is 5. The molecule has 3 aromatic heterocycles. The fourth-order valence-corrected chi connectivity index (χ4v) is 4.51. The minimum absolute atomic E-state index is 0.112. The Hall–Kier alpha value is -3.05. The van der Waals surface area contributed by atoms with Gasteiger partial charge in [-0.05, 0) is 31.5 Å². The molecule has 29 heavy (non-hydrogen) atoms. The van der Waals surface area contributed by atoms with Gasteiger partial charge in [-0.1, -0.05) is 0 Å². The van der Waals surface area contributed by atoms with Gasteiger partial charge in [0.25, 0.3) is 10.0 Å². The number of imidazole rings is 1. The van der Waals surface area contributed by atoms with Gasteiger partial charge in [-0.2, -0.15) is 4.31 Å². The van der Waals surface area contributed by atoms with Crippen molar-refractivity contribution in [2.75, 3.05) is 36.4 Å². The normalized spacial score (nSPS) is 15.4. The molecule has 4 rings (SSSR count). The van der Waals surface area contributed by atoms with Crippen molar-refractivity contribution in [2.45, 2.75) is 18.9 Å². The Labute approximate surface area is 169 Å². The summed E-state index contributed by atoms with van der Waals surface area (Å²) in [5.74, 6) is 2.75. The van der Waals surface area contributed by atoms with Crippen LogP contribution in [-0.4, -0.2) is 63.8 Å². The Morgan fingerprint density at radius 3 is 2.55 bits per heavy atom. The smallest absolute Gasteiger partial charge is 0.260 e. The van der Waals surface area contributed by atoms with E-state index in [1.165, 1.54) is 16.8 Å². The van der Waals surface area contributed by atoms with Gasteiger partial charge in [0.05, 0.1) is 12.5 Å². The molecule has 1 aliphatic rings. The Bertz CT molecular complexity index is 1090. The van der Waals surface area contributed by atoms with Crippen molar-refractivity contribution in [1.82, 2.24) is 29.2 Å². The van der Waals surface area contributed by atoms with Crippen molar-refractivity contribution in [3.63, 3.8) is 0 Å². The fourth-order valence-electron chi connectivity index (χ4n) is 3.19. The first-order chi connectivity index (χ1) is 13.9. The summed E-state index contributed by atoms with van der Waals surface area (Å²) in [5.41, 5.74) is 1.10. The van der Waals surface area contributed by atoms with E-state index in [4.69, 9.17) is 0 Å². The molecule has 1 saturated heterocycles. The number of hydrogen-bond acceptors (Lipinski definition) is 8. The van der Waals surface area contributed by atoms with Crippen molar-refractivity contribution < 1.29 is 8.42 Å². The third-order valence-electron chi connectivity index (χ3n) is 4.65. The van der Waals surface area contributed by atoms with Gasteiger partial charge in [0.2, 0.25) is 0 Å². The molecule has 3 aromatic rings. The van der Waals surface area contributed by atoms with E-state index in [9.17, 15) is 8.42 Å². The van der Waals surface area contributed by atoms with E-state index in [1.54, 1.807) is 6.20 Å². The molecule has 0 amide bonds. The van der Waals surface area contributed by atoms with Crippen LogP contribution in [0.1, 0.15) is 11.4 Å². The van der Waals surface area contributed by atoms with Crippen LogP contribution in [0.4, 0.5) is 17.5 Å². The van der Waals surface area contributed by atoms with Crippen LogP contribution in [0.5, 0.6) is 0 Å². The number of pyridine rings is 1. The molecular formula is C18H22N8O2S. The second-order valence-corrected chi connectivity index (χ2v) is 8.72. The first kappa shape index (κ1) is 19.3. The van der Waals surface area contributed by atoms with Crippen LogP contribution in [0.25, 0.3) is 0 Å². The predicted octanol–water partition coefficient (Wildman–Crippen LogP) is 1.47. The summed E-state index contributed by atoms with van der Waals surface area (Å²) in [4.78, 5) is 21.8. The van der Waals surface area contributed by atoms with Gasteiger partial charge in [0.1, 0.15) is 23.3 Å². The monoisotopic (exact) mass is 414 g/mol. The average molecular weight is 414 g/mol. The molecule has 11 heteroatoms. The lowest BCUT2D eigenvalue weighted by Crippen LogP contribution is -2.49. The molecule has 0 aromatic carbocycles. The number of nitrogens with one attached hydrogen (secondary N) is 2. The summed E-state index contributed by atoms with van der Waals surface area (Å²) in [6.07, 6.45) is 4.43. The number of piperazine rings is 1. The molecule has 0 spiro atoms. The van der Waals surface area contributed by atoms with Crippen molar-refractivity contribution in [3.05, 3.63) is 48.3 Å². The van der Waals surface area contributed by atoms with E-state index in [0.717, 1.165) is 11.4 Å². The lowest BCUT2D eigenvalue weighted by Gasteiger charge is -2.34. The number of nitrogens with zero attached hydrogens (tertiary/aromatic N) is 6. The number of anilines is 3. The first-order valence-electron chi connectivity index (χ1n) is 9.21. The maximum Gasteiger partial charge on any atom is 0.260 e. The van der Waals surface area contributed by atoms with Crippen LogP contribution in [0.2, 0.25) is 0 Å². The molecular weight excluding hydrogens is 392 g/mol. The van der Waals surface area contributed by atoms with Gasteiger partial charge in [0.15, 0.2) is 5.03 Å². The van der Waals surface area contributed by atoms with E-state index < -0.39 is 10.0 Å². The van der Waals surface area contributed by atoms with Crippen LogP contribution in [-0.2, 0) is 10.0 Å². The van der Waals surface area contributed by atoms with Crippen LogP contribution in [0.15, 0.2) is 41.9 Å².